The highest BCUT2D eigenvalue weighted by atomic mass is 127. The van der Waals surface area contributed by atoms with E-state index in [0.29, 0.717) is 0 Å². The summed E-state index contributed by atoms with van der Waals surface area (Å²) in [5.74, 6) is 0. The first-order valence-electron chi connectivity index (χ1n) is 6.68. The van der Waals surface area contributed by atoms with Crippen LogP contribution in [-0.4, -0.2) is 44.3 Å². The number of hydrogen-bond donors (Lipinski definition) is 1. The first kappa shape index (κ1) is 14.8. The van der Waals surface area contributed by atoms with Gasteiger partial charge in [-0.25, -0.2) is 0 Å². The molecule has 1 saturated heterocycles. The van der Waals surface area contributed by atoms with Crippen molar-refractivity contribution in [3.8, 4) is 0 Å². The molecule has 3 nitrogen and oxygen atoms in total. The largest absolute Gasteiger partial charge is 0.384 e. The SMILES string of the molecule is C=C(NCCN1CCOCC1)c1ccc(CI)cc1. The van der Waals surface area contributed by atoms with Crippen LogP contribution in [0.4, 0.5) is 0 Å². The molecule has 0 amide bonds. The summed E-state index contributed by atoms with van der Waals surface area (Å²) in [4.78, 5) is 2.42. The van der Waals surface area contributed by atoms with Crippen molar-refractivity contribution in [3.63, 3.8) is 0 Å². The first-order valence-corrected chi connectivity index (χ1v) is 8.20. The lowest BCUT2D eigenvalue weighted by Crippen LogP contribution is -2.40. The van der Waals surface area contributed by atoms with Crippen molar-refractivity contribution >= 4 is 28.3 Å². The van der Waals surface area contributed by atoms with E-state index in [9.17, 15) is 0 Å². The summed E-state index contributed by atoms with van der Waals surface area (Å²) in [6, 6.07) is 8.60. The lowest BCUT2D eigenvalue weighted by Gasteiger charge is -2.26. The van der Waals surface area contributed by atoms with Crippen LogP contribution < -0.4 is 5.32 Å². The fraction of sp³-hybridized carbons (Fsp3) is 0.467. The van der Waals surface area contributed by atoms with Crippen LogP contribution in [0.3, 0.4) is 0 Å². The summed E-state index contributed by atoms with van der Waals surface area (Å²) < 4.78 is 6.39. The van der Waals surface area contributed by atoms with Crippen molar-refractivity contribution in [1.82, 2.24) is 10.2 Å². The zero-order valence-electron chi connectivity index (χ0n) is 11.2. The zero-order valence-corrected chi connectivity index (χ0v) is 13.4. The maximum Gasteiger partial charge on any atom is 0.0594 e. The van der Waals surface area contributed by atoms with E-state index in [-0.39, 0.29) is 0 Å². The minimum atomic E-state index is 0.860. The average Bonchev–Trinajstić information content (AvgIpc) is 2.48. The van der Waals surface area contributed by atoms with E-state index in [4.69, 9.17) is 4.74 Å². The number of halogens is 1. The van der Waals surface area contributed by atoms with Gasteiger partial charge >= 0.3 is 0 Å². The van der Waals surface area contributed by atoms with Crippen LogP contribution in [0.2, 0.25) is 0 Å². The third-order valence-electron chi connectivity index (χ3n) is 3.33. The summed E-state index contributed by atoms with van der Waals surface area (Å²) in [5.41, 5.74) is 3.54. The summed E-state index contributed by atoms with van der Waals surface area (Å²) in [7, 11) is 0. The predicted molar refractivity (Wildman–Crippen MR) is 88.5 cm³/mol. The number of alkyl halides is 1. The molecule has 104 valence electrons. The topological polar surface area (TPSA) is 24.5 Å². The van der Waals surface area contributed by atoms with Crippen LogP contribution in [0.25, 0.3) is 5.70 Å². The molecule has 1 aliphatic heterocycles. The zero-order chi connectivity index (χ0) is 13.5. The molecule has 0 aromatic heterocycles. The van der Waals surface area contributed by atoms with Gasteiger partial charge in [0, 0.05) is 36.3 Å². The Balaban J connectivity index is 1.73. The van der Waals surface area contributed by atoms with Gasteiger partial charge in [0.2, 0.25) is 0 Å². The highest BCUT2D eigenvalue weighted by Crippen LogP contribution is 2.13. The van der Waals surface area contributed by atoms with Gasteiger partial charge in [-0.1, -0.05) is 53.4 Å². The summed E-state index contributed by atoms with van der Waals surface area (Å²) >= 11 is 2.38. The predicted octanol–water partition coefficient (Wildman–Crippen LogP) is 2.51. The molecular formula is C15H21IN2O. The van der Waals surface area contributed by atoms with Crippen LogP contribution in [0, 0.1) is 0 Å². The second-order valence-electron chi connectivity index (χ2n) is 4.69. The molecule has 0 spiro atoms. The molecule has 1 aromatic rings. The van der Waals surface area contributed by atoms with Gasteiger partial charge in [-0.15, -0.1) is 0 Å². The fourth-order valence-corrected chi connectivity index (χ4v) is 2.60. The smallest absolute Gasteiger partial charge is 0.0594 e. The number of benzene rings is 1. The van der Waals surface area contributed by atoms with E-state index < -0.39 is 0 Å². The summed E-state index contributed by atoms with van der Waals surface area (Å²) in [6.07, 6.45) is 0. The van der Waals surface area contributed by atoms with Gasteiger partial charge in [0.05, 0.1) is 13.2 Å². The Labute approximate surface area is 129 Å². The molecule has 1 N–H and O–H groups in total. The quantitative estimate of drug-likeness (QED) is 0.614. The number of nitrogens with one attached hydrogen (secondary N) is 1. The fourth-order valence-electron chi connectivity index (χ4n) is 2.09. The first-order chi connectivity index (χ1) is 9.29. The Hall–Kier alpha value is -0.590. The van der Waals surface area contributed by atoms with E-state index in [1.165, 1.54) is 11.1 Å². The van der Waals surface area contributed by atoms with E-state index in [1.54, 1.807) is 0 Å². The Bertz CT molecular complexity index is 399. The number of nitrogens with zero attached hydrogens (tertiary/aromatic N) is 1. The van der Waals surface area contributed by atoms with E-state index >= 15 is 0 Å². The molecule has 4 heteroatoms. The van der Waals surface area contributed by atoms with Gasteiger partial charge in [0.1, 0.15) is 0 Å². The number of morpholine rings is 1. The molecule has 1 fully saturated rings. The van der Waals surface area contributed by atoms with Crippen molar-refractivity contribution in [2.45, 2.75) is 4.43 Å². The highest BCUT2D eigenvalue weighted by Gasteiger charge is 2.09. The number of hydrogen-bond acceptors (Lipinski definition) is 3. The molecule has 0 bridgehead atoms. The normalized spacial score (nSPS) is 16.3. The molecule has 0 unspecified atom stereocenters. The van der Waals surface area contributed by atoms with Crippen LogP contribution in [0.1, 0.15) is 11.1 Å². The van der Waals surface area contributed by atoms with E-state index in [2.05, 4.69) is 63.7 Å². The molecule has 1 aromatic carbocycles. The Kier molecular flexibility index (Phi) is 6.13. The molecular weight excluding hydrogens is 351 g/mol. The minimum Gasteiger partial charge on any atom is -0.384 e. The Morgan fingerprint density at radius 1 is 1.26 bits per heavy atom. The Morgan fingerprint density at radius 2 is 1.95 bits per heavy atom. The van der Waals surface area contributed by atoms with E-state index in [1.807, 2.05) is 0 Å². The minimum absolute atomic E-state index is 0.860. The second kappa shape index (κ2) is 7.87. The molecule has 19 heavy (non-hydrogen) atoms. The standard InChI is InChI=1S/C15H21IN2O/c1-13(15-4-2-14(12-16)3-5-15)17-6-7-18-8-10-19-11-9-18/h2-5,17H,1,6-12H2. The lowest BCUT2D eigenvalue weighted by atomic mass is 10.1. The van der Waals surface area contributed by atoms with Crippen molar-refractivity contribution in [2.75, 3.05) is 39.4 Å². The monoisotopic (exact) mass is 372 g/mol. The maximum absolute atomic E-state index is 5.34. The van der Waals surface area contributed by atoms with Crippen molar-refractivity contribution in [2.24, 2.45) is 0 Å². The van der Waals surface area contributed by atoms with Gasteiger partial charge in [-0.3, -0.25) is 4.90 Å². The molecule has 2 rings (SSSR count). The van der Waals surface area contributed by atoms with Crippen LogP contribution >= 0.6 is 22.6 Å². The van der Waals surface area contributed by atoms with Crippen LogP contribution in [0.15, 0.2) is 30.8 Å². The highest BCUT2D eigenvalue weighted by molar-refractivity contribution is 14.1. The van der Waals surface area contributed by atoms with Gasteiger partial charge in [-0.2, -0.15) is 0 Å². The van der Waals surface area contributed by atoms with Crippen molar-refractivity contribution < 1.29 is 4.74 Å². The summed E-state index contributed by atoms with van der Waals surface area (Å²) in [6.45, 7) is 9.89. The van der Waals surface area contributed by atoms with Gasteiger partial charge in [-0.05, 0) is 11.1 Å². The molecule has 0 radical (unpaired) electrons. The third-order valence-corrected chi connectivity index (χ3v) is 4.21. The van der Waals surface area contributed by atoms with Crippen molar-refractivity contribution in [3.05, 3.63) is 42.0 Å². The summed E-state index contributed by atoms with van der Waals surface area (Å²) in [5, 5.41) is 3.40. The molecule has 0 aliphatic carbocycles. The Morgan fingerprint density at radius 3 is 2.58 bits per heavy atom. The second-order valence-corrected chi connectivity index (χ2v) is 5.45. The number of rotatable bonds is 6. The van der Waals surface area contributed by atoms with Crippen LogP contribution in [0.5, 0.6) is 0 Å². The van der Waals surface area contributed by atoms with Gasteiger partial charge < -0.3 is 10.1 Å². The molecule has 1 heterocycles. The average molecular weight is 372 g/mol. The van der Waals surface area contributed by atoms with Gasteiger partial charge in [0.25, 0.3) is 0 Å². The third kappa shape index (κ3) is 4.78. The van der Waals surface area contributed by atoms with Gasteiger partial charge in [0.15, 0.2) is 0 Å². The maximum atomic E-state index is 5.34. The van der Waals surface area contributed by atoms with Crippen molar-refractivity contribution in [1.29, 1.82) is 0 Å². The van der Waals surface area contributed by atoms with Crippen LogP contribution in [-0.2, 0) is 9.16 Å². The molecule has 0 atom stereocenters. The molecule has 1 aliphatic rings. The lowest BCUT2D eigenvalue weighted by molar-refractivity contribution is 0.0388. The number of ether oxygens (including phenoxy) is 1. The molecule has 0 saturated carbocycles. The van der Waals surface area contributed by atoms with E-state index in [0.717, 1.165) is 49.5 Å².